The van der Waals surface area contributed by atoms with Crippen molar-refractivity contribution in [2.75, 3.05) is 11.9 Å². The summed E-state index contributed by atoms with van der Waals surface area (Å²) >= 11 is 3.29. The predicted octanol–water partition coefficient (Wildman–Crippen LogP) is 2.53. The number of hydrogen-bond acceptors (Lipinski definition) is 2. The van der Waals surface area contributed by atoms with E-state index in [2.05, 4.69) is 20.7 Å². The number of sulfonamides is 1. The van der Waals surface area contributed by atoms with Gasteiger partial charge in [-0.1, -0.05) is 35.0 Å². The second-order valence-electron chi connectivity index (χ2n) is 3.87. The fourth-order valence-corrected chi connectivity index (χ4v) is 3.30. The Morgan fingerprint density at radius 2 is 2.06 bits per heavy atom. The summed E-state index contributed by atoms with van der Waals surface area (Å²) in [6.07, 6.45) is 0.861. The van der Waals surface area contributed by atoms with Crippen LogP contribution in [0.5, 0.6) is 0 Å². The van der Waals surface area contributed by atoms with E-state index >= 15 is 0 Å². The van der Waals surface area contributed by atoms with Crippen LogP contribution in [0.1, 0.15) is 13.3 Å². The number of alkyl halides is 1. The highest BCUT2D eigenvalue weighted by atomic mass is 79.9. The standard InChI is InChI=1S/C11H15BrFNO2S/c1-9(6-7-12)8-14-17(15,16)11-5-3-2-4-10(11)13/h2-5,9,14H,6-8H2,1H3. The molecule has 0 heterocycles. The fourth-order valence-electron chi connectivity index (χ4n) is 1.28. The van der Waals surface area contributed by atoms with Gasteiger partial charge in [-0.05, 0) is 24.5 Å². The van der Waals surface area contributed by atoms with Crippen LogP contribution >= 0.6 is 15.9 Å². The minimum absolute atomic E-state index is 0.205. The number of halogens is 2. The maximum Gasteiger partial charge on any atom is 0.243 e. The maximum absolute atomic E-state index is 13.3. The summed E-state index contributed by atoms with van der Waals surface area (Å²) in [5.74, 6) is -0.524. The zero-order chi connectivity index (χ0) is 12.9. The van der Waals surface area contributed by atoms with E-state index in [1.807, 2.05) is 6.92 Å². The van der Waals surface area contributed by atoms with Crippen LogP contribution in [0, 0.1) is 11.7 Å². The zero-order valence-corrected chi connectivity index (χ0v) is 11.9. The molecule has 0 saturated carbocycles. The van der Waals surface area contributed by atoms with Crippen molar-refractivity contribution in [2.45, 2.75) is 18.2 Å². The highest BCUT2D eigenvalue weighted by Gasteiger charge is 2.18. The van der Waals surface area contributed by atoms with Crippen molar-refractivity contribution in [1.82, 2.24) is 4.72 Å². The first-order chi connectivity index (χ1) is 7.97. The van der Waals surface area contributed by atoms with E-state index in [-0.39, 0.29) is 10.8 Å². The molecule has 1 rings (SSSR count). The molecule has 6 heteroatoms. The predicted molar refractivity (Wildman–Crippen MR) is 69.2 cm³/mol. The van der Waals surface area contributed by atoms with Crippen molar-refractivity contribution in [1.29, 1.82) is 0 Å². The molecule has 0 aromatic heterocycles. The highest BCUT2D eigenvalue weighted by molar-refractivity contribution is 9.09. The van der Waals surface area contributed by atoms with E-state index in [0.717, 1.165) is 17.8 Å². The van der Waals surface area contributed by atoms with Gasteiger partial charge in [-0.2, -0.15) is 0 Å². The summed E-state index contributed by atoms with van der Waals surface area (Å²) in [6.45, 7) is 2.24. The average molecular weight is 324 g/mol. The molecule has 1 aromatic rings. The van der Waals surface area contributed by atoms with Gasteiger partial charge in [0.05, 0.1) is 0 Å². The molecule has 0 radical (unpaired) electrons. The molecule has 0 amide bonds. The molecule has 1 atom stereocenters. The Morgan fingerprint density at radius 3 is 2.65 bits per heavy atom. The summed E-state index contributed by atoms with van der Waals surface area (Å²) in [5, 5.41) is 0.815. The van der Waals surface area contributed by atoms with Crippen molar-refractivity contribution in [3.05, 3.63) is 30.1 Å². The van der Waals surface area contributed by atoms with Crippen LogP contribution in [0.4, 0.5) is 4.39 Å². The molecule has 0 fully saturated rings. The second-order valence-corrected chi connectivity index (χ2v) is 6.39. The van der Waals surface area contributed by atoms with Gasteiger partial charge in [0.15, 0.2) is 0 Å². The third kappa shape index (κ3) is 4.37. The lowest BCUT2D eigenvalue weighted by molar-refractivity contribution is 0.524. The molecule has 96 valence electrons. The summed E-state index contributed by atoms with van der Waals surface area (Å²) in [4.78, 5) is -0.300. The second kappa shape index (κ2) is 6.47. The molecule has 1 unspecified atom stereocenters. The third-order valence-electron chi connectivity index (χ3n) is 2.35. The molecule has 1 aromatic carbocycles. The minimum atomic E-state index is -3.74. The smallest absolute Gasteiger partial charge is 0.211 e. The Morgan fingerprint density at radius 1 is 1.41 bits per heavy atom. The highest BCUT2D eigenvalue weighted by Crippen LogP contribution is 2.13. The molecule has 0 aliphatic rings. The lowest BCUT2D eigenvalue weighted by atomic mass is 10.1. The molecule has 0 aliphatic carbocycles. The maximum atomic E-state index is 13.3. The van der Waals surface area contributed by atoms with Crippen molar-refractivity contribution >= 4 is 26.0 Å². The van der Waals surface area contributed by atoms with Gasteiger partial charge in [0.2, 0.25) is 10.0 Å². The fraction of sp³-hybridized carbons (Fsp3) is 0.455. The van der Waals surface area contributed by atoms with Gasteiger partial charge in [-0.15, -0.1) is 0 Å². The van der Waals surface area contributed by atoms with E-state index < -0.39 is 15.8 Å². The monoisotopic (exact) mass is 323 g/mol. The van der Waals surface area contributed by atoms with Crippen LogP contribution in [-0.4, -0.2) is 20.3 Å². The molecule has 17 heavy (non-hydrogen) atoms. The van der Waals surface area contributed by atoms with E-state index in [9.17, 15) is 12.8 Å². The minimum Gasteiger partial charge on any atom is -0.211 e. The first-order valence-electron chi connectivity index (χ1n) is 5.27. The summed E-state index contributed by atoms with van der Waals surface area (Å²) in [6, 6.07) is 5.35. The normalized spacial score (nSPS) is 13.6. The molecule has 1 N–H and O–H groups in total. The van der Waals surface area contributed by atoms with Gasteiger partial charge in [-0.25, -0.2) is 17.5 Å². The molecule has 0 bridgehead atoms. The molecule has 0 spiro atoms. The first kappa shape index (κ1) is 14.6. The van der Waals surface area contributed by atoms with Crippen molar-refractivity contribution in [3.63, 3.8) is 0 Å². The number of nitrogens with one attached hydrogen (secondary N) is 1. The van der Waals surface area contributed by atoms with Gasteiger partial charge < -0.3 is 0 Å². The van der Waals surface area contributed by atoms with Crippen LogP contribution in [0.3, 0.4) is 0 Å². The van der Waals surface area contributed by atoms with Crippen LogP contribution < -0.4 is 4.72 Å². The largest absolute Gasteiger partial charge is 0.243 e. The van der Waals surface area contributed by atoms with Crippen molar-refractivity contribution < 1.29 is 12.8 Å². The van der Waals surface area contributed by atoms with Gasteiger partial charge in [0, 0.05) is 11.9 Å². The van der Waals surface area contributed by atoms with E-state index in [0.29, 0.717) is 6.54 Å². The Balaban J connectivity index is 2.73. The first-order valence-corrected chi connectivity index (χ1v) is 7.88. The van der Waals surface area contributed by atoms with Crippen molar-refractivity contribution in [2.24, 2.45) is 5.92 Å². The summed E-state index contributed by atoms with van der Waals surface area (Å²) < 4.78 is 39.3. The van der Waals surface area contributed by atoms with E-state index in [4.69, 9.17) is 0 Å². The van der Waals surface area contributed by atoms with E-state index in [1.165, 1.54) is 18.2 Å². The van der Waals surface area contributed by atoms with Crippen molar-refractivity contribution in [3.8, 4) is 0 Å². The quantitative estimate of drug-likeness (QED) is 0.818. The lowest BCUT2D eigenvalue weighted by Gasteiger charge is -2.11. The van der Waals surface area contributed by atoms with Gasteiger partial charge in [0.25, 0.3) is 0 Å². The van der Waals surface area contributed by atoms with Crippen LogP contribution in [0.25, 0.3) is 0 Å². The number of benzene rings is 1. The topological polar surface area (TPSA) is 46.2 Å². The van der Waals surface area contributed by atoms with Gasteiger partial charge >= 0.3 is 0 Å². The zero-order valence-electron chi connectivity index (χ0n) is 9.49. The third-order valence-corrected chi connectivity index (χ3v) is 4.26. The number of rotatable bonds is 6. The Labute approximate surface area is 110 Å². The molecular formula is C11H15BrFNO2S. The Hall–Kier alpha value is -0.460. The number of hydrogen-bond donors (Lipinski definition) is 1. The van der Waals surface area contributed by atoms with Gasteiger partial charge in [0.1, 0.15) is 10.7 Å². The lowest BCUT2D eigenvalue weighted by Crippen LogP contribution is -2.29. The summed E-state index contributed by atoms with van der Waals surface area (Å²) in [7, 11) is -3.74. The van der Waals surface area contributed by atoms with Crippen LogP contribution in [0.15, 0.2) is 29.2 Å². The van der Waals surface area contributed by atoms with Gasteiger partial charge in [-0.3, -0.25) is 0 Å². The Kier molecular flexibility index (Phi) is 5.55. The average Bonchev–Trinajstić information content (AvgIpc) is 2.27. The summed E-state index contributed by atoms with van der Waals surface area (Å²) in [5.41, 5.74) is 0. The van der Waals surface area contributed by atoms with Crippen LogP contribution in [0.2, 0.25) is 0 Å². The van der Waals surface area contributed by atoms with Crippen LogP contribution in [-0.2, 0) is 10.0 Å². The Bertz CT molecular complexity index is 464. The SMILES string of the molecule is CC(CCBr)CNS(=O)(=O)c1ccccc1F. The molecule has 0 aliphatic heterocycles. The van der Waals surface area contributed by atoms with E-state index in [1.54, 1.807) is 0 Å². The molecule has 3 nitrogen and oxygen atoms in total. The molecule has 0 saturated heterocycles. The molecular weight excluding hydrogens is 309 g/mol.